The number of ketones is 1. The maximum absolute atomic E-state index is 11.9. The molecule has 2 aromatic rings. The fourth-order valence-electron chi connectivity index (χ4n) is 1.65. The van der Waals surface area contributed by atoms with Gasteiger partial charge in [0, 0.05) is 5.56 Å². The van der Waals surface area contributed by atoms with Gasteiger partial charge in [0.15, 0.2) is 5.78 Å². The van der Waals surface area contributed by atoms with Gasteiger partial charge in [-0.15, -0.1) is 0 Å². The first-order valence-corrected chi connectivity index (χ1v) is 5.98. The Kier molecular flexibility index (Phi) is 3.90. The van der Waals surface area contributed by atoms with E-state index in [0.29, 0.717) is 11.1 Å². The van der Waals surface area contributed by atoms with Crippen molar-refractivity contribution < 1.29 is 4.79 Å². The molecule has 2 aromatic carbocycles. The number of benzene rings is 2. The van der Waals surface area contributed by atoms with Gasteiger partial charge in [0.2, 0.25) is 0 Å². The Hall–Kier alpha value is -2.66. The van der Waals surface area contributed by atoms with Crippen molar-refractivity contribution in [3.63, 3.8) is 0 Å². The van der Waals surface area contributed by atoms with Gasteiger partial charge < -0.3 is 0 Å². The Labute approximate surface area is 112 Å². The van der Waals surface area contributed by atoms with Crippen molar-refractivity contribution in [1.29, 1.82) is 5.26 Å². The predicted molar refractivity (Wildman–Crippen MR) is 75.7 cm³/mol. The van der Waals surface area contributed by atoms with Gasteiger partial charge in [-0.25, -0.2) is 0 Å². The summed E-state index contributed by atoms with van der Waals surface area (Å²) in [6.45, 7) is 1.99. The standard InChI is InChI=1S/C17H13NO/c1-13-2-9-16(10-3-13)17(19)11-8-14-4-6-15(12-18)7-5-14/h2-11H,1H3/b11-8+. The molecule has 0 saturated carbocycles. The van der Waals surface area contributed by atoms with E-state index < -0.39 is 0 Å². The average Bonchev–Trinajstić information content (AvgIpc) is 2.46. The fourth-order valence-corrected chi connectivity index (χ4v) is 1.65. The third kappa shape index (κ3) is 3.40. The monoisotopic (exact) mass is 247 g/mol. The normalized spacial score (nSPS) is 10.3. The van der Waals surface area contributed by atoms with Crippen LogP contribution in [0.4, 0.5) is 0 Å². The minimum atomic E-state index is -0.0237. The Balaban J connectivity index is 2.11. The van der Waals surface area contributed by atoms with Crippen LogP contribution >= 0.6 is 0 Å². The summed E-state index contributed by atoms with van der Waals surface area (Å²) in [5.41, 5.74) is 3.32. The van der Waals surface area contributed by atoms with E-state index in [1.54, 1.807) is 24.3 Å². The number of allylic oxidation sites excluding steroid dienone is 1. The fraction of sp³-hybridized carbons (Fsp3) is 0.0588. The second-order valence-corrected chi connectivity index (χ2v) is 4.30. The quantitative estimate of drug-likeness (QED) is 0.612. The molecule has 0 atom stereocenters. The number of aryl methyl sites for hydroxylation is 1. The van der Waals surface area contributed by atoms with Gasteiger partial charge in [-0.1, -0.05) is 48.0 Å². The molecule has 0 radical (unpaired) electrons. The Morgan fingerprint density at radius 2 is 1.68 bits per heavy atom. The molecule has 0 saturated heterocycles. The summed E-state index contributed by atoms with van der Waals surface area (Å²) >= 11 is 0. The molecule has 0 fully saturated rings. The molecule has 2 heteroatoms. The minimum Gasteiger partial charge on any atom is -0.289 e. The second kappa shape index (κ2) is 5.79. The molecule has 19 heavy (non-hydrogen) atoms. The van der Waals surface area contributed by atoms with Gasteiger partial charge in [0.05, 0.1) is 11.6 Å². The molecule has 0 bridgehead atoms. The summed E-state index contributed by atoms with van der Waals surface area (Å²) in [6.07, 6.45) is 3.30. The van der Waals surface area contributed by atoms with Gasteiger partial charge in [0.25, 0.3) is 0 Å². The molecule has 92 valence electrons. The van der Waals surface area contributed by atoms with Crippen LogP contribution in [0.25, 0.3) is 6.08 Å². The van der Waals surface area contributed by atoms with E-state index in [1.165, 1.54) is 0 Å². The number of carbonyl (C=O) groups is 1. The third-order valence-electron chi connectivity index (χ3n) is 2.80. The molecule has 0 aliphatic heterocycles. The molecule has 0 N–H and O–H groups in total. The van der Waals surface area contributed by atoms with Crippen LogP contribution in [0.15, 0.2) is 54.6 Å². The number of rotatable bonds is 3. The third-order valence-corrected chi connectivity index (χ3v) is 2.80. The zero-order valence-electron chi connectivity index (χ0n) is 10.6. The number of nitrogens with zero attached hydrogens (tertiary/aromatic N) is 1. The number of hydrogen-bond acceptors (Lipinski definition) is 2. The van der Waals surface area contributed by atoms with Crippen LogP contribution in [0.2, 0.25) is 0 Å². The first-order chi connectivity index (χ1) is 9.19. The van der Waals surface area contributed by atoms with E-state index in [1.807, 2.05) is 43.3 Å². The summed E-state index contributed by atoms with van der Waals surface area (Å²) in [4.78, 5) is 11.9. The van der Waals surface area contributed by atoms with Crippen LogP contribution in [0.3, 0.4) is 0 Å². The van der Waals surface area contributed by atoms with Crippen LogP contribution in [0.1, 0.15) is 27.0 Å². The van der Waals surface area contributed by atoms with Crippen LogP contribution < -0.4 is 0 Å². The highest BCUT2D eigenvalue weighted by atomic mass is 16.1. The molecule has 2 rings (SSSR count). The van der Waals surface area contributed by atoms with Crippen molar-refractivity contribution in [1.82, 2.24) is 0 Å². The average molecular weight is 247 g/mol. The first kappa shape index (κ1) is 12.8. The van der Waals surface area contributed by atoms with E-state index in [9.17, 15) is 4.79 Å². The molecule has 0 amide bonds. The first-order valence-electron chi connectivity index (χ1n) is 5.98. The molecule has 0 heterocycles. The van der Waals surface area contributed by atoms with Crippen LogP contribution in [0, 0.1) is 18.3 Å². The van der Waals surface area contributed by atoms with Crippen molar-refractivity contribution in [2.45, 2.75) is 6.92 Å². The Morgan fingerprint density at radius 3 is 2.26 bits per heavy atom. The molecule has 0 spiro atoms. The minimum absolute atomic E-state index is 0.0237. The van der Waals surface area contributed by atoms with E-state index in [2.05, 4.69) is 6.07 Å². The van der Waals surface area contributed by atoms with Gasteiger partial charge in [-0.3, -0.25) is 4.79 Å². The van der Waals surface area contributed by atoms with Crippen molar-refractivity contribution in [2.24, 2.45) is 0 Å². The molecule has 0 unspecified atom stereocenters. The van der Waals surface area contributed by atoms with E-state index in [0.717, 1.165) is 11.1 Å². The smallest absolute Gasteiger partial charge is 0.185 e. The molecular weight excluding hydrogens is 234 g/mol. The van der Waals surface area contributed by atoms with Crippen molar-refractivity contribution in [3.8, 4) is 6.07 Å². The molecule has 0 aliphatic rings. The van der Waals surface area contributed by atoms with Crippen molar-refractivity contribution in [3.05, 3.63) is 76.9 Å². The SMILES string of the molecule is Cc1ccc(C(=O)/C=C/c2ccc(C#N)cc2)cc1. The number of nitriles is 1. The maximum atomic E-state index is 11.9. The topological polar surface area (TPSA) is 40.9 Å². The highest BCUT2D eigenvalue weighted by molar-refractivity contribution is 6.06. The maximum Gasteiger partial charge on any atom is 0.185 e. The lowest BCUT2D eigenvalue weighted by atomic mass is 10.1. The Bertz CT molecular complexity index is 643. The second-order valence-electron chi connectivity index (χ2n) is 4.30. The lowest BCUT2D eigenvalue weighted by Gasteiger charge is -1.97. The molecule has 0 aromatic heterocycles. The van der Waals surface area contributed by atoms with E-state index in [-0.39, 0.29) is 5.78 Å². The van der Waals surface area contributed by atoms with Gasteiger partial charge in [-0.2, -0.15) is 5.26 Å². The zero-order valence-corrected chi connectivity index (χ0v) is 10.6. The lowest BCUT2D eigenvalue weighted by Crippen LogP contribution is -1.93. The highest BCUT2D eigenvalue weighted by Crippen LogP contribution is 2.08. The summed E-state index contributed by atoms with van der Waals surface area (Å²) in [5, 5.41) is 8.70. The lowest BCUT2D eigenvalue weighted by molar-refractivity contribution is 0.104. The van der Waals surface area contributed by atoms with Crippen molar-refractivity contribution >= 4 is 11.9 Å². The summed E-state index contributed by atoms with van der Waals surface area (Å²) in [6, 6.07) is 16.6. The van der Waals surface area contributed by atoms with E-state index in [4.69, 9.17) is 5.26 Å². The highest BCUT2D eigenvalue weighted by Gasteiger charge is 2.00. The van der Waals surface area contributed by atoms with Crippen LogP contribution in [-0.2, 0) is 0 Å². The van der Waals surface area contributed by atoms with Gasteiger partial charge in [0.1, 0.15) is 0 Å². The van der Waals surface area contributed by atoms with Crippen LogP contribution in [0.5, 0.6) is 0 Å². The summed E-state index contributed by atoms with van der Waals surface area (Å²) < 4.78 is 0. The van der Waals surface area contributed by atoms with Gasteiger partial charge in [-0.05, 0) is 30.7 Å². The number of carbonyl (C=O) groups excluding carboxylic acids is 1. The number of hydrogen-bond donors (Lipinski definition) is 0. The van der Waals surface area contributed by atoms with Gasteiger partial charge >= 0.3 is 0 Å². The zero-order chi connectivity index (χ0) is 13.7. The molecule has 2 nitrogen and oxygen atoms in total. The van der Waals surface area contributed by atoms with Crippen LogP contribution in [-0.4, -0.2) is 5.78 Å². The largest absolute Gasteiger partial charge is 0.289 e. The van der Waals surface area contributed by atoms with E-state index >= 15 is 0 Å². The summed E-state index contributed by atoms with van der Waals surface area (Å²) in [5.74, 6) is -0.0237. The summed E-state index contributed by atoms with van der Waals surface area (Å²) in [7, 11) is 0. The molecule has 0 aliphatic carbocycles. The van der Waals surface area contributed by atoms with Crippen molar-refractivity contribution in [2.75, 3.05) is 0 Å². The molecular formula is C17H13NO. The predicted octanol–water partition coefficient (Wildman–Crippen LogP) is 3.76. The Morgan fingerprint density at radius 1 is 1.05 bits per heavy atom.